The molecule has 126 valence electrons. The van der Waals surface area contributed by atoms with Crippen LogP contribution in [0.1, 0.15) is 59.3 Å². The van der Waals surface area contributed by atoms with E-state index in [0.29, 0.717) is 0 Å². The second-order valence-electron chi connectivity index (χ2n) is 6.56. The van der Waals surface area contributed by atoms with E-state index in [2.05, 4.69) is 5.32 Å². The Balaban J connectivity index is 3.40. The van der Waals surface area contributed by atoms with Gasteiger partial charge in [-0.2, -0.15) is 0 Å². The molecule has 0 fully saturated rings. The van der Waals surface area contributed by atoms with Gasteiger partial charge < -0.3 is 20.7 Å². The Morgan fingerprint density at radius 2 is 1.62 bits per heavy atom. The number of hydrogen-bond acceptors (Lipinski definition) is 4. The minimum Gasteiger partial charge on any atom is -0.444 e. The summed E-state index contributed by atoms with van der Waals surface area (Å²) in [6.07, 6.45) is 6.61. The Morgan fingerprint density at radius 3 is 2.14 bits per heavy atom. The molecule has 0 radical (unpaired) electrons. The number of hydrogen-bond donors (Lipinski definition) is 2. The Bertz CT molecular complexity index is 265. The number of nitrogens with two attached hydrogens (primary N) is 1. The monoisotopic (exact) mass is 301 g/mol. The van der Waals surface area contributed by atoms with Crippen molar-refractivity contribution >= 4 is 6.09 Å². The van der Waals surface area contributed by atoms with Crippen molar-refractivity contribution in [1.82, 2.24) is 10.2 Å². The lowest BCUT2D eigenvalue weighted by atomic mass is 10.2. The third-order valence-corrected chi connectivity index (χ3v) is 3.11. The highest BCUT2D eigenvalue weighted by Crippen LogP contribution is 2.09. The number of amides is 1. The van der Waals surface area contributed by atoms with Crippen LogP contribution < -0.4 is 11.1 Å². The van der Waals surface area contributed by atoms with Gasteiger partial charge in [-0.1, -0.05) is 12.8 Å². The van der Waals surface area contributed by atoms with Gasteiger partial charge in [0.25, 0.3) is 0 Å². The number of rotatable bonds is 11. The summed E-state index contributed by atoms with van der Waals surface area (Å²) in [6.45, 7) is 9.35. The largest absolute Gasteiger partial charge is 0.444 e. The van der Waals surface area contributed by atoms with Crippen molar-refractivity contribution in [3.05, 3.63) is 0 Å². The summed E-state index contributed by atoms with van der Waals surface area (Å²) >= 11 is 0. The molecular formula is C16H35N3O2. The molecule has 1 amide bonds. The molecule has 5 nitrogen and oxygen atoms in total. The van der Waals surface area contributed by atoms with Gasteiger partial charge in [0.1, 0.15) is 5.60 Å². The molecule has 0 aliphatic heterocycles. The molecule has 0 atom stereocenters. The summed E-state index contributed by atoms with van der Waals surface area (Å²) in [7, 11) is 1.80. The molecule has 5 heteroatoms. The molecule has 0 rings (SSSR count). The van der Waals surface area contributed by atoms with Crippen molar-refractivity contribution in [2.75, 3.05) is 33.2 Å². The fourth-order valence-electron chi connectivity index (χ4n) is 1.90. The number of ether oxygens (including phenoxy) is 1. The molecule has 0 saturated heterocycles. The Kier molecular flexibility index (Phi) is 11.4. The summed E-state index contributed by atoms with van der Waals surface area (Å²) in [4.78, 5) is 13.4. The third-order valence-electron chi connectivity index (χ3n) is 3.11. The highest BCUT2D eigenvalue weighted by molar-refractivity contribution is 5.67. The SMILES string of the molecule is CN(CCCCCNCCCCCN)C(=O)OC(C)(C)C. The summed E-state index contributed by atoms with van der Waals surface area (Å²) < 4.78 is 5.31. The normalized spacial score (nSPS) is 11.5. The molecular weight excluding hydrogens is 266 g/mol. The molecule has 0 unspecified atom stereocenters. The lowest BCUT2D eigenvalue weighted by Gasteiger charge is -2.24. The number of carbonyl (C=O) groups excluding carboxylic acids is 1. The molecule has 21 heavy (non-hydrogen) atoms. The summed E-state index contributed by atoms with van der Waals surface area (Å²) in [5, 5.41) is 3.44. The van der Waals surface area contributed by atoms with Crippen molar-refractivity contribution in [2.24, 2.45) is 5.73 Å². The minimum atomic E-state index is -0.417. The summed E-state index contributed by atoms with van der Waals surface area (Å²) in [6, 6.07) is 0. The summed E-state index contributed by atoms with van der Waals surface area (Å²) in [5.41, 5.74) is 5.03. The van der Waals surface area contributed by atoms with Crippen LogP contribution in [0.15, 0.2) is 0 Å². The van der Waals surface area contributed by atoms with E-state index in [9.17, 15) is 4.79 Å². The van der Waals surface area contributed by atoms with Crippen LogP contribution in [-0.4, -0.2) is 49.8 Å². The zero-order chi connectivity index (χ0) is 16.1. The maximum absolute atomic E-state index is 11.7. The van der Waals surface area contributed by atoms with Gasteiger partial charge in [0.15, 0.2) is 0 Å². The first-order valence-electron chi connectivity index (χ1n) is 8.21. The van der Waals surface area contributed by atoms with E-state index < -0.39 is 5.60 Å². The van der Waals surface area contributed by atoms with Gasteiger partial charge in [-0.15, -0.1) is 0 Å². The van der Waals surface area contributed by atoms with Crippen LogP contribution in [0.4, 0.5) is 4.79 Å². The Morgan fingerprint density at radius 1 is 1.05 bits per heavy atom. The number of unbranched alkanes of at least 4 members (excludes halogenated alkanes) is 4. The standard InChI is InChI=1S/C16H35N3O2/c1-16(2,3)21-15(20)19(4)14-10-6-9-13-18-12-8-5-7-11-17/h18H,5-14,17H2,1-4H3. The molecule has 0 aromatic heterocycles. The molecule has 0 bridgehead atoms. The van der Waals surface area contributed by atoms with E-state index >= 15 is 0 Å². The van der Waals surface area contributed by atoms with Crippen LogP contribution in [0.3, 0.4) is 0 Å². The van der Waals surface area contributed by atoms with Gasteiger partial charge >= 0.3 is 6.09 Å². The van der Waals surface area contributed by atoms with Crippen LogP contribution in [0.5, 0.6) is 0 Å². The fraction of sp³-hybridized carbons (Fsp3) is 0.938. The highest BCUT2D eigenvalue weighted by Gasteiger charge is 2.18. The molecule has 0 spiro atoms. The summed E-state index contributed by atoms with van der Waals surface area (Å²) in [5.74, 6) is 0. The zero-order valence-electron chi connectivity index (χ0n) is 14.4. The third kappa shape index (κ3) is 13.9. The van der Waals surface area contributed by atoms with E-state index in [4.69, 9.17) is 10.5 Å². The number of carbonyl (C=O) groups is 1. The van der Waals surface area contributed by atoms with Crippen LogP contribution >= 0.6 is 0 Å². The maximum Gasteiger partial charge on any atom is 0.410 e. The van der Waals surface area contributed by atoms with Gasteiger partial charge in [0, 0.05) is 13.6 Å². The molecule has 0 aromatic rings. The van der Waals surface area contributed by atoms with Gasteiger partial charge in [-0.3, -0.25) is 0 Å². The Hall–Kier alpha value is -0.810. The molecule has 3 N–H and O–H groups in total. The lowest BCUT2D eigenvalue weighted by Crippen LogP contribution is -2.34. The minimum absolute atomic E-state index is 0.236. The quantitative estimate of drug-likeness (QED) is 0.576. The average molecular weight is 301 g/mol. The average Bonchev–Trinajstić information content (AvgIpc) is 2.38. The van der Waals surface area contributed by atoms with Crippen molar-refractivity contribution in [3.63, 3.8) is 0 Å². The second kappa shape index (κ2) is 11.8. The van der Waals surface area contributed by atoms with Crippen molar-refractivity contribution < 1.29 is 9.53 Å². The first-order chi connectivity index (χ1) is 9.87. The molecule has 0 heterocycles. The van der Waals surface area contributed by atoms with Gasteiger partial charge in [0.2, 0.25) is 0 Å². The van der Waals surface area contributed by atoms with E-state index in [0.717, 1.165) is 51.9 Å². The molecule has 0 aliphatic rings. The van der Waals surface area contributed by atoms with Crippen molar-refractivity contribution in [2.45, 2.75) is 64.9 Å². The van der Waals surface area contributed by atoms with Gasteiger partial charge in [0.05, 0.1) is 0 Å². The number of nitrogens with zero attached hydrogens (tertiary/aromatic N) is 1. The van der Waals surface area contributed by atoms with Crippen LogP contribution in [0.2, 0.25) is 0 Å². The van der Waals surface area contributed by atoms with Crippen molar-refractivity contribution in [3.8, 4) is 0 Å². The van der Waals surface area contributed by atoms with E-state index in [1.54, 1.807) is 11.9 Å². The van der Waals surface area contributed by atoms with Crippen LogP contribution in [-0.2, 0) is 4.74 Å². The van der Waals surface area contributed by atoms with Crippen LogP contribution in [0.25, 0.3) is 0 Å². The van der Waals surface area contributed by atoms with E-state index in [-0.39, 0.29) is 6.09 Å². The predicted molar refractivity (Wildman–Crippen MR) is 88.5 cm³/mol. The fourth-order valence-corrected chi connectivity index (χ4v) is 1.90. The lowest BCUT2D eigenvalue weighted by molar-refractivity contribution is 0.0296. The van der Waals surface area contributed by atoms with Gasteiger partial charge in [-0.05, 0) is 66.1 Å². The van der Waals surface area contributed by atoms with E-state index in [1.807, 2.05) is 20.8 Å². The van der Waals surface area contributed by atoms with Gasteiger partial charge in [-0.25, -0.2) is 4.79 Å². The molecule has 0 aromatic carbocycles. The first kappa shape index (κ1) is 20.2. The maximum atomic E-state index is 11.7. The van der Waals surface area contributed by atoms with E-state index in [1.165, 1.54) is 12.8 Å². The zero-order valence-corrected chi connectivity index (χ0v) is 14.4. The highest BCUT2D eigenvalue weighted by atomic mass is 16.6. The number of nitrogens with one attached hydrogen (secondary N) is 1. The predicted octanol–water partition coefficient (Wildman–Crippen LogP) is 2.74. The second-order valence-corrected chi connectivity index (χ2v) is 6.56. The molecule has 0 aliphatic carbocycles. The van der Waals surface area contributed by atoms with Crippen molar-refractivity contribution in [1.29, 1.82) is 0 Å². The molecule has 0 saturated carbocycles. The smallest absolute Gasteiger partial charge is 0.410 e. The Labute approximate surface area is 130 Å². The first-order valence-corrected chi connectivity index (χ1v) is 8.21. The topological polar surface area (TPSA) is 67.6 Å². The van der Waals surface area contributed by atoms with Crippen LogP contribution in [0, 0.1) is 0 Å².